The molecule has 0 bridgehead atoms. The van der Waals surface area contributed by atoms with E-state index in [0.717, 1.165) is 11.1 Å². The van der Waals surface area contributed by atoms with Gasteiger partial charge in [-0.3, -0.25) is 0 Å². The van der Waals surface area contributed by atoms with Gasteiger partial charge in [0.1, 0.15) is 0 Å². The molecule has 0 aromatic heterocycles. The van der Waals surface area contributed by atoms with Crippen molar-refractivity contribution in [1.82, 2.24) is 4.31 Å². The first-order chi connectivity index (χ1) is 8.39. The summed E-state index contributed by atoms with van der Waals surface area (Å²) in [5.41, 5.74) is 2.18. The molecule has 1 aliphatic heterocycles. The van der Waals surface area contributed by atoms with Crippen LogP contribution in [0.2, 0.25) is 0 Å². The minimum absolute atomic E-state index is 0.277. The van der Waals surface area contributed by atoms with Crippen molar-refractivity contribution < 1.29 is 8.42 Å². The molecule has 0 N–H and O–H groups in total. The van der Waals surface area contributed by atoms with Gasteiger partial charge in [0.15, 0.2) is 0 Å². The Morgan fingerprint density at radius 2 is 1.78 bits per heavy atom. The van der Waals surface area contributed by atoms with Crippen molar-refractivity contribution in [2.75, 3.05) is 13.1 Å². The van der Waals surface area contributed by atoms with Crippen LogP contribution in [0.15, 0.2) is 40.8 Å². The minimum atomic E-state index is -3.35. The molecule has 1 aliphatic rings. The number of sulfonamides is 1. The predicted octanol–water partition coefficient (Wildman–Crippen LogP) is 2.58. The van der Waals surface area contributed by atoms with E-state index in [1.807, 2.05) is 32.9 Å². The normalized spacial score (nSPS) is 21.7. The summed E-state index contributed by atoms with van der Waals surface area (Å²) in [6.45, 7) is 7.04. The molecular formula is C14H19NO2S. The van der Waals surface area contributed by atoms with E-state index >= 15 is 0 Å². The number of nitrogens with zero attached hydrogens (tertiary/aromatic N) is 1. The van der Waals surface area contributed by atoms with Gasteiger partial charge in [-0.15, -0.1) is 0 Å². The Hall–Kier alpha value is -1.13. The lowest BCUT2D eigenvalue weighted by molar-refractivity contribution is 0.384. The number of aryl methyl sites for hydroxylation is 1. The van der Waals surface area contributed by atoms with Crippen LogP contribution in [0.3, 0.4) is 0 Å². The minimum Gasteiger partial charge on any atom is -0.207 e. The summed E-state index contributed by atoms with van der Waals surface area (Å²) in [4.78, 5) is 0.384. The monoisotopic (exact) mass is 265 g/mol. The molecule has 4 heteroatoms. The second kappa shape index (κ2) is 4.86. The highest BCUT2D eigenvalue weighted by atomic mass is 32.2. The van der Waals surface area contributed by atoms with E-state index in [0.29, 0.717) is 18.0 Å². The Labute approximate surface area is 109 Å². The third kappa shape index (κ3) is 2.65. The second-order valence-corrected chi connectivity index (χ2v) is 7.04. The largest absolute Gasteiger partial charge is 0.243 e. The van der Waals surface area contributed by atoms with Crippen LogP contribution in [-0.2, 0) is 10.0 Å². The van der Waals surface area contributed by atoms with Crippen LogP contribution >= 0.6 is 0 Å². The first-order valence-corrected chi connectivity index (χ1v) is 7.58. The molecule has 1 aromatic carbocycles. The number of benzene rings is 1. The van der Waals surface area contributed by atoms with Crippen molar-refractivity contribution in [1.29, 1.82) is 0 Å². The zero-order chi connectivity index (χ0) is 13.3. The van der Waals surface area contributed by atoms with Gasteiger partial charge < -0.3 is 0 Å². The molecule has 0 amide bonds. The van der Waals surface area contributed by atoms with Gasteiger partial charge in [-0.05, 0) is 31.9 Å². The summed E-state index contributed by atoms with van der Waals surface area (Å²) >= 11 is 0. The number of rotatable bonds is 2. The zero-order valence-corrected chi connectivity index (χ0v) is 11.9. The molecule has 0 spiro atoms. The van der Waals surface area contributed by atoms with Gasteiger partial charge >= 0.3 is 0 Å². The van der Waals surface area contributed by atoms with Gasteiger partial charge in [-0.1, -0.05) is 36.3 Å². The van der Waals surface area contributed by atoms with E-state index < -0.39 is 10.0 Å². The third-order valence-corrected chi connectivity index (χ3v) is 4.97. The molecule has 0 fully saturated rings. The SMILES string of the molecule is CC1=CC(C)CN(S(=O)(=O)c2ccc(C)cc2)C1. The fraction of sp³-hybridized carbons (Fsp3) is 0.429. The zero-order valence-electron chi connectivity index (χ0n) is 11.1. The van der Waals surface area contributed by atoms with Crippen LogP contribution in [0.5, 0.6) is 0 Å². The van der Waals surface area contributed by atoms with Crippen LogP contribution in [-0.4, -0.2) is 25.8 Å². The maximum atomic E-state index is 12.5. The predicted molar refractivity (Wildman–Crippen MR) is 72.9 cm³/mol. The molecule has 0 saturated carbocycles. The van der Waals surface area contributed by atoms with Crippen LogP contribution in [0.4, 0.5) is 0 Å². The van der Waals surface area contributed by atoms with E-state index in [2.05, 4.69) is 6.08 Å². The van der Waals surface area contributed by atoms with Crippen molar-refractivity contribution in [3.8, 4) is 0 Å². The van der Waals surface area contributed by atoms with Crippen LogP contribution < -0.4 is 0 Å². The Kier molecular flexibility index (Phi) is 3.59. The van der Waals surface area contributed by atoms with Gasteiger partial charge in [0.05, 0.1) is 4.90 Å². The van der Waals surface area contributed by atoms with Crippen molar-refractivity contribution in [2.45, 2.75) is 25.7 Å². The molecule has 98 valence electrons. The van der Waals surface area contributed by atoms with Crippen molar-refractivity contribution in [3.63, 3.8) is 0 Å². The van der Waals surface area contributed by atoms with Gasteiger partial charge in [0.25, 0.3) is 0 Å². The highest BCUT2D eigenvalue weighted by Crippen LogP contribution is 2.22. The lowest BCUT2D eigenvalue weighted by atomic mass is 10.1. The Balaban J connectivity index is 2.32. The molecule has 0 saturated heterocycles. The van der Waals surface area contributed by atoms with Gasteiger partial charge in [-0.25, -0.2) is 8.42 Å². The Bertz CT molecular complexity index is 558. The summed E-state index contributed by atoms with van der Waals surface area (Å²) in [6.07, 6.45) is 2.14. The maximum Gasteiger partial charge on any atom is 0.243 e. The Morgan fingerprint density at radius 1 is 1.17 bits per heavy atom. The molecule has 0 aliphatic carbocycles. The highest BCUT2D eigenvalue weighted by molar-refractivity contribution is 7.89. The highest BCUT2D eigenvalue weighted by Gasteiger charge is 2.27. The van der Waals surface area contributed by atoms with Gasteiger partial charge in [0.2, 0.25) is 10.0 Å². The van der Waals surface area contributed by atoms with Crippen LogP contribution in [0.1, 0.15) is 19.4 Å². The van der Waals surface area contributed by atoms with E-state index in [1.165, 1.54) is 0 Å². The fourth-order valence-electron chi connectivity index (χ4n) is 2.30. The lowest BCUT2D eigenvalue weighted by Crippen LogP contribution is -2.38. The molecule has 1 aromatic rings. The van der Waals surface area contributed by atoms with E-state index in [9.17, 15) is 8.42 Å². The first-order valence-electron chi connectivity index (χ1n) is 6.14. The van der Waals surface area contributed by atoms with Gasteiger partial charge in [0, 0.05) is 13.1 Å². The molecule has 18 heavy (non-hydrogen) atoms. The summed E-state index contributed by atoms with van der Waals surface area (Å²) in [7, 11) is -3.35. The lowest BCUT2D eigenvalue weighted by Gasteiger charge is -2.29. The van der Waals surface area contributed by atoms with Crippen LogP contribution in [0, 0.1) is 12.8 Å². The number of hydrogen-bond acceptors (Lipinski definition) is 2. The van der Waals surface area contributed by atoms with Crippen LogP contribution in [0.25, 0.3) is 0 Å². The topological polar surface area (TPSA) is 37.4 Å². The van der Waals surface area contributed by atoms with E-state index in [4.69, 9.17) is 0 Å². The molecule has 2 rings (SSSR count). The van der Waals surface area contributed by atoms with Gasteiger partial charge in [-0.2, -0.15) is 4.31 Å². The Morgan fingerprint density at radius 3 is 2.33 bits per heavy atom. The fourth-order valence-corrected chi connectivity index (χ4v) is 3.88. The van der Waals surface area contributed by atoms with Crippen molar-refractivity contribution in [2.24, 2.45) is 5.92 Å². The molecule has 1 heterocycles. The van der Waals surface area contributed by atoms with E-state index in [1.54, 1.807) is 16.4 Å². The second-order valence-electron chi connectivity index (χ2n) is 5.10. The van der Waals surface area contributed by atoms with E-state index in [-0.39, 0.29) is 5.92 Å². The first kappa shape index (κ1) is 13.3. The third-order valence-electron chi connectivity index (χ3n) is 3.15. The average Bonchev–Trinajstić information content (AvgIpc) is 2.28. The molecule has 3 nitrogen and oxygen atoms in total. The molecule has 1 atom stereocenters. The molecule has 0 radical (unpaired) electrons. The summed E-state index contributed by atoms with van der Waals surface area (Å²) in [6, 6.07) is 7.04. The molecule has 1 unspecified atom stereocenters. The number of hydrogen-bond donors (Lipinski definition) is 0. The van der Waals surface area contributed by atoms with Crippen molar-refractivity contribution in [3.05, 3.63) is 41.5 Å². The molecular weight excluding hydrogens is 246 g/mol. The average molecular weight is 265 g/mol. The quantitative estimate of drug-likeness (QED) is 0.771. The summed E-state index contributed by atoms with van der Waals surface area (Å²) in [5.74, 6) is 0.277. The maximum absolute atomic E-state index is 12.5. The summed E-state index contributed by atoms with van der Waals surface area (Å²) in [5, 5.41) is 0. The smallest absolute Gasteiger partial charge is 0.207 e. The summed E-state index contributed by atoms with van der Waals surface area (Å²) < 4.78 is 26.5. The van der Waals surface area contributed by atoms with Crippen molar-refractivity contribution >= 4 is 10.0 Å². The standard InChI is InChI=1S/C14H19NO2S/c1-11-4-6-14(7-5-11)18(16,17)15-9-12(2)8-13(3)10-15/h4-8,12H,9-10H2,1-3H3.